The van der Waals surface area contributed by atoms with E-state index in [1.54, 1.807) is 17.1 Å². The van der Waals surface area contributed by atoms with Crippen LogP contribution in [0.2, 0.25) is 0 Å². The third kappa shape index (κ3) is 5.46. The fraction of sp³-hybridized carbons (Fsp3) is 0.346. The number of imidazole rings is 1. The number of carbonyl (C=O) groups excluding carboxylic acids is 2. The Morgan fingerprint density at radius 2 is 1.85 bits per heavy atom. The summed E-state index contributed by atoms with van der Waals surface area (Å²) in [6.45, 7) is 3.20. The van der Waals surface area contributed by atoms with Gasteiger partial charge in [-0.15, -0.1) is 0 Å². The molecule has 1 aliphatic heterocycles. The minimum atomic E-state index is -0.701. The van der Waals surface area contributed by atoms with Crippen LogP contribution in [0, 0.1) is 6.92 Å². The van der Waals surface area contributed by atoms with Crippen molar-refractivity contribution in [3.8, 4) is 5.75 Å². The molecule has 0 unspecified atom stereocenters. The molecule has 0 spiro atoms. The summed E-state index contributed by atoms with van der Waals surface area (Å²) in [7, 11) is 3.37. The van der Waals surface area contributed by atoms with Crippen LogP contribution in [-0.4, -0.2) is 52.6 Å². The molecule has 4 rings (SSSR count). The largest absolute Gasteiger partial charge is 0.490 e. The number of nitrogens with zero attached hydrogens (tertiary/aromatic N) is 3. The molecule has 2 heterocycles. The molecule has 0 bridgehead atoms. The Morgan fingerprint density at radius 1 is 1.12 bits per heavy atom. The monoisotopic (exact) mass is 462 g/mol. The summed E-state index contributed by atoms with van der Waals surface area (Å²) in [4.78, 5) is 31.4. The molecule has 0 radical (unpaired) electrons. The van der Waals surface area contributed by atoms with Gasteiger partial charge in [-0.1, -0.05) is 36.4 Å². The molecule has 1 aromatic heterocycles. The van der Waals surface area contributed by atoms with E-state index < -0.39 is 6.10 Å². The van der Waals surface area contributed by atoms with E-state index in [2.05, 4.69) is 10.3 Å². The Balaban J connectivity index is 1.36. The van der Waals surface area contributed by atoms with Crippen LogP contribution in [-0.2, 0) is 16.6 Å². The number of methoxy groups -OCH3 is 1. The molecule has 8 heteroatoms. The van der Waals surface area contributed by atoms with Gasteiger partial charge in [-0.25, -0.2) is 4.98 Å². The van der Waals surface area contributed by atoms with E-state index in [0.717, 1.165) is 29.7 Å². The molecule has 34 heavy (non-hydrogen) atoms. The van der Waals surface area contributed by atoms with Gasteiger partial charge in [0.2, 0.25) is 0 Å². The number of rotatable bonds is 7. The number of carbonyl (C=O) groups is 2. The number of ether oxygens (including phenoxy) is 2. The molecule has 0 aliphatic carbocycles. The van der Waals surface area contributed by atoms with E-state index in [-0.39, 0.29) is 17.9 Å². The lowest BCUT2D eigenvalue weighted by Gasteiger charge is -2.32. The number of hydrogen-bond acceptors (Lipinski definition) is 5. The molecule has 1 aliphatic rings. The highest BCUT2D eigenvalue weighted by Gasteiger charge is 2.26. The van der Waals surface area contributed by atoms with Crippen LogP contribution in [0.1, 0.15) is 40.6 Å². The van der Waals surface area contributed by atoms with E-state index in [9.17, 15) is 9.59 Å². The number of hydrogen-bond donors (Lipinski definition) is 1. The summed E-state index contributed by atoms with van der Waals surface area (Å²) in [5.41, 5.74) is 2.88. The van der Waals surface area contributed by atoms with E-state index in [4.69, 9.17) is 9.47 Å². The fourth-order valence-electron chi connectivity index (χ4n) is 4.08. The minimum absolute atomic E-state index is 0.00604. The first-order valence-corrected chi connectivity index (χ1v) is 11.4. The zero-order chi connectivity index (χ0) is 24.1. The molecule has 178 valence electrons. The molecular formula is C26H30N4O4. The summed E-state index contributed by atoms with van der Waals surface area (Å²) in [5, 5.41) is 2.93. The fourth-order valence-corrected chi connectivity index (χ4v) is 4.08. The Bertz CT molecular complexity index is 1140. The molecule has 1 saturated heterocycles. The van der Waals surface area contributed by atoms with Gasteiger partial charge in [0.15, 0.2) is 6.10 Å². The molecule has 1 N–H and O–H groups in total. The number of aryl methyl sites for hydroxylation is 2. The van der Waals surface area contributed by atoms with Crippen molar-refractivity contribution in [1.82, 2.24) is 14.5 Å². The van der Waals surface area contributed by atoms with Gasteiger partial charge in [0.05, 0.1) is 6.33 Å². The van der Waals surface area contributed by atoms with E-state index in [0.29, 0.717) is 24.5 Å². The highest BCUT2D eigenvalue weighted by Crippen LogP contribution is 2.28. The van der Waals surface area contributed by atoms with E-state index in [1.807, 2.05) is 67.4 Å². The average molecular weight is 463 g/mol. The number of piperidine rings is 1. The van der Waals surface area contributed by atoms with Crippen LogP contribution in [0.25, 0.3) is 0 Å². The van der Waals surface area contributed by atoms with Crippen molar-refractivity contribution in [3.63, 3.8) is 0 Å². The van der Waals surface area contributed by atoms with Crippen molar-refractivity contribution >= 4 is 17.5 Å². The molecule has 1 atom stereocenters. The quantitative estimate of drug-likeness (QED) is 0.578. The summed E-state index contributed by atoms with van der Waals surface area (Å²) in [5.74, 6) is 0.428. The second-order valence-electron chi connectivity index (χ2n) is 8.53. The van der Waals surface area contributed by atoms with Gasteiger partial charge in [-0.05, 0) is 24.1 Å². The van der Waals surface area contributed by atoms with Crippen LogP contribution >= 0.6 is 0 Å². The first-order valence-electron chi connectivity index (χ1n) is 11.4. The third-order valence-electron chi connectivity index (χ3n) is 5.98. The number of amides is 2. The van der Waals surface area contributed by atoms with Crippen molar-refractivity contribution in [2.24, 2.45) is 7.05 Å². The average Bonchev–Trinajstić information content (AvgIpc) is 3.28. The van der Waals surface area contributed by atoms with Gasteiger partial charge in [0, 0.05) is 58.0 Å². The number of likely N-dealkylation sites (tertiary alicyclic amines) is 1. The SMILES string of the molecule is CO[C@@H](C(=O)Nc1ccc(C)c(OC2CCN(C(=O)c3cn(C)cn3)CC2)c1)c1ccccc1. The predicted molar refractivity (Wildman–Crippen MR) is 129 cm³/mol. The van der Waals surface area contributed by atoms with Crippen LogP contribution < -0.4 is 10.1 Å². The maximum Gasteiger partial charge on any atom is 0.274 e. The molecular weight excluding hydrogens is 432 g/mol. The van der Waals surface area contributed by atoms with Crippen LogP contribution in [0.4, 0.5) is 5.69 Å². The first kappa shape index (κ1) is 23.5. The highest BCUT2D eigenvalue weighted by atomic mass is 16.5. The van der Waals surface area contributed by atoms with Crippen molar-refractivity contribution in [2.75, 3.05) is 25.5 Å². The lowest BCUT2D eigenvalue weighted by molar-refractivity contribution is -0.126. The van der Waals surface area contributed by atoms with Gasteiger partial charge in [-0.3, -0.25) is 9.59 Å². The summed E-state index contributed by atoms with van der Waals surface area (Å²) >= 11 is 0. The Kier molecular flexibility index (Phi) is 7.27. The lowest BCUT2D eigenvalue weighted by Crippen LogP contribution is -2.42. The van der Waals surface area contributed by atoms with Crippen molar-refractivity contribution in [2.45, 2.75) is 32.0 Å². The zero-order valence-corrected chi connectivity index (χ0v) is 19.7. The summed E-state index contributed by atoms with van der Waals surface area (Å²) in [6.07, 6.45) is 4.12. The van der Waals surface area contributed by atoms with Crippen molar-refractivity contribution in [3.05, 3.63) is 77.9 Å². The maximum absolute atomic E-state index is 12.8. The van der Waals surface area contributed by atoms with Crippen molar-refractivity contribution in [1.29, 1.82) is 0 Å². The molecule has 0 saturated carbocycles. The third-order valence-corrected chi connectivity index (χ3v) is 5.98. The standard InChI is InChI=1S/C26H30N4O4/c1-18-9-10-20(28-25(31)24(33-3)19-7-5-4-6-8-19)15-23(18)34-21-11-13-30(14-12-21)26(32)22-16-29(2)17-27-22/h4-10,15-17,21,24H,11-14H2,1-3H3,(H,28,31)/t24-/m1/s1. The number of benzene rings is 2. The minimum Gasteiger partial charge on any atom is -0.490 e. The number of anilines is 1. The van der Waals surface area contributed by atoms with Gasteiger partial charge < -0.3 is 24.3 Å². The van der Waals surface area contributed by atoms with Gasteiger partial charge in [0.1, 0.15) is 17.5 Å². The normalized spacial score (nSPS) is 15.1. The van der Waals surface area contributed by atoms with E-state index in [1.165, 1.54) is 7.11 Å². The smallest absolute Gasteiger partial charge is 0.274 e. The summed E-state index contributed by atoms with van der Waals surface area (Å²) in [6, 6.07) is 15.0. The van der Waals surface area contributed by atoms with Gasteiger partial charge >= 0.3 is 0 Å². The van der Waals surface area contributed by atoms with E-state index >= 15 is 0 Å². The number of aromatic nitrogens is 2. The Morgan fingerprint density at radius 3 is 2.50 bits per heavy atom. The molecule has 3 aromatic rings. The molecule has 2 aromatic carbocycles. The zero-order valence-electron chi connectivity index (χ0n) is 19.7. The van der Waals surface area contributed by atoms with Crippen LogP contribution in [0.5, 0.6) is 5.75 Å². The number of nitrogens with one attached hydrogen (secondary N) is 1. The van der Waals surface area contributed by atoms with Gasteiger partial charge in [-0.2, -0.15) is 0 Å². The van der Waals surface area contributed by atoms with Crippen LogP contribution in [0.3, 0.4) is 0 Å². The van der Waals surface area contributed by atoms with Crippen molar-refractivity contribution < 1.29 is 19.1 Å². The molecule has 2 amide bonds. The predicted octanol–water partition coefficient (Wildman–Crippen LogP) is 3.74. The lowest BCUT2D eigenvalue weighted by atomic mass is 10.1. The second-order valence-corrected chi connectivity index (χ2v) is 8.53. The Hall–Kier alpha value is -3.65. The molecule has 8 nitrogen and oxygen atoms in total. The Labute approximate surface area is 199 Å². The highest BCUT2D eigenvalue weighted by molar-refractivity contribution is 5.95. The van der Waals surface area contributed by atoms with Crippen LogP contribution in [0.15, 0.2) is 61.1 Å². The topological polar surface area (TPSA) is 85.7 Å². The van der Waals surface area contributed by atoms with Gasteiger partial charge in [0.25, 0.3) is 11.8 Å². The summed E-state index contributed by atoms with van der Waals surface area (Å²) < 4.78 is 13.5. The molecule has 1 fully saturated rings. The maximum atomic E-state index is 12.8. The first-order chi connectivity index (χ1) is 16.4. The second kappa shape index (κ2) is 10.5.